The van der Waals surface area contributed by atoms with Crippen LogP contribution in [0.25, 0.3) is 11.3 Å². The van der Waals surface area contributed by atoms with Gasteiger partial charge in [0.05, 0.1) is 12.2 Å². The lowest BCUT2D eigenvalue weighted by Gasteiger charge is -2.25. The Balaban J connectivity index is 1.60. The van der Waals surface area contributed by atoms with Crippen molar-refractivity contribution in [3.8, 4) is 11.3 Å². The Kier molecular flexibility index (Phi) is 5.52. The second-order valence-corrected chi connectivity index (χ2v) is 7.32. The molecule has 0 atom stereocenters. The van der Waals surface area contributed by atoms with Crippen LogP contribution in [-0.2, 0) is 9.59 Å². The van der Waals surface area contributed by atoms with Gasteiger partial charge in [-0.25, -0.2) is 4.98 Å². The molecule has 1 N–H and O–H groups in total. The molecule has 0 spiro atoms. The lowest BCUT2D eigenvalue weighted by molar-refractivity contribution is -0.136. The standard InChI is InChI=1S/C17H19N3O2S2/c1-23-13-7-5-12(6-8-13)14-11-24-17(18-14)19-15(21)10-20-9-3-2-4-16(20)22/h5-8,11H,2-4,9-10H2,1H3,(H,18,19,21). The summed E-state index contributed by atoms with van der Waals surface area (Å²) in [6, 6.07) is 8.16. The number of hydrogen-bond donors (Lipinski definition) is 1. The second kappa shape index (κ2) is 7.81. The first-order valence-corrected chi connectivity index (χ1v) is 9.94. The van der Waals surface area contributed by atoms with Crippen LogP contribution in [0.15, 0.2) is 34.5 Å². The Morgan fingerprint density at radius 3 is 2.83 bits per heavy atom. The monoisotopic (exact) mass is 361 g/mol. The zero-order chi connectivity index (χ0) is 16.9. The summed E-state index contributed by atoms with van der Waals surface area (Å²) in [5, 5.41) is 5.28. The lowest BCUT2D eigenvalue weighted by Crippen LogP contribution is -2.40. The summed E-state index contributed by atoms with van der Waals surface area (Å²) in [6.45, 7) is 0.771. The maximum atomic E-state index is 12.1. The van der Waals surface area contributed by atoms with E-state index >= 15 is 0 Å². The number of carbonyl (C=O) groups excluding carboxylic acids is 2. The van der Waals surface area contributed by atoms with Crippen molar-refractivity contribution in [3.63, 3.8) is 0 Å². The number of anilines is 1. The van der Waals surface area contributed by atoms with Crippen LogP contribution in [-0.4, -0.2) is 41.0 Å². The van der Waals surface area contributed by atoms with Crippen LogP contribution in [0.3, 0.4) is 0 Å². The summed E-state index contributed by atoms with van der Waals surface area (Å²) < 4.78 is 0. The molecule has 2 aromatic rings. The van der Waals surface area contributed by atoms with Crippen LogP contribution >= 0.6 is 23.1 Å². The Labute approximate surface area is 149 Å². The van der Waals surface area contributed by atoms with Crippen molar-refractivity contribution in [1.82, 2.24) is 9.88 Å². The van der Waals surface area contributed by atoms with E-state index in [0.29, 0.717) is 18.1 Å². The van der Waals surface area contributed by atoms with Gasteiger partial charge in [0, 0.05) is 28.8 Å². The van der Waals surface area contributed by atoms with Gasteiger partial charge in [0.1, 0.15) is 0 Å². The largest absolute Gasteiger partial charge is 0.333 e. The van der Waals surface area contributed by atoms with Crippen molar-refractivity contribution in [2.45, 2.75) is 24.2 Å². The third kappa shape index (κ3) is 4.15. The molecule has 0 unspecified atom stereocenters. The number of nitrogens with one attached hydrogen (secondary N) is 1. The van der Waals surface area contributed by atoms with Crippen molar-refractivity contribution in [2.75, 3.05) is 24.7 Å². The van der Waals surface area contributed by atoms with Gasteiger partial charge in [0.15, 0.2) is 5.13 Å². The van der Waals surface area contributed by atoms with Crippen LogP contribution in [0.5, 0.6) is 0 Å². The van der Waals surface area contributed by atoms with Crippen molar-refractivity contribution < 1.29 is 9.59 Å². The number of thiazole rings is 1. The molecule has 0 radical (unpaired) electrons. The predicted octanol–water partition coefficient (Wildman–Crippen LogP) is 3.48. The number of likely N-dealkylation sites (tertiary alicyclic amines) is 1. The summed E-state index contributed by atoms with van der Waals surface area (Å²) in [5.74, 6) is -0.131. The number of rotatable bonds is 5. The van der Waals surface area contributed by atoms with Crippen molar-refractivity contribution in [2.24, 2.45) is 0 Å². The zero-order valence-electron chi connectivity index (χ0n) is 13.4. The van der Waals surface area contributed by atoms with E-state index in [4.69, 9.17) is 0 Å². The third-order valence-electron chi connectivity index (χ3n) is 3.89. The highest BCUT2D eigenvalue weighted by atomic mass is 32.2. The highest BCUT2D eigenvalue weighted by Gasteiger charge is 2.20. The fourth-order valence-electron chi connectivity index (χ4n) is 2.59. The van der Waals surface area contributed by atoms with Gasteiger partial charge in [-0.3, -0.25) is 9.59 Å². The molecular weight excluding hydrogens is 342 g/mol. The number of thioether (sulfide) groups is 1. The van der Waals surface area contributed by atoms with E-state index in [2.05, 4.69) is 22.4 Å². The minimum absolute atomic E-state index is 0.0603. The maximum absolute atomic E-state index is 12.1. The van der Waals surface area contributed by atoms with Crippen molar-refractivity contribution in [3.05, 3.63) is 29.6 Å². The van der Waals surface area contributed by atoms with E-state index in [0.717, 1.165) is 24.1 Å². The SMILES string of the molecule is CSc1ccc(-c2csc(NC(=O)CN3CCCCC3=O)n2)cc1. The van der Waals surface area contributed by atoms with Crippen molar-refractivity contribution >= 4 is 40.0 Å². The van der Waals surface area contributed by atoms with Gasteiger partial charge in [-0.1, -0.05) is 12.1 Å². The van der Waals surface area contributed by atoms with Crippen LogP contribution < -0.4 is 5.32 Å². The second-order valence-electron chi connectivity index (χ2n) is 5.59. The molecule has 2 amide bonds. The molecule has 1 aliphatic rings. The minimum Gasteiger partial charge on any atom is -0.333 e. The summed E-state index contributed by atoms with van der Waals surface area (Å²) in [7, 11) is 0. The van der Waals surface area contributed by atoms with Gasteiger partial charge in [-0.05, 0) is 31.2 Å². The molecular formula is C17H19N3O2S2. The topological polar surface area (TPSA) is 62.3 Å². The first-order valence-electron chi connectivity index (χ1n) is 7.83. The maximum Gasteiger partial charge on any atom is 0.245 e. The number of amides is 2. The molecule has 1 aromatic carbocycles. The number of piperidine rings is 1. The third-order valence-corrected chi connectivity index (χ3v) is 5.39. The number of nitrogens with zero attached hydrogens (tertiary/aromatic N) is 2. The van der Waals surface area contributed by atoms with Gasteiger partial charge >= 0.3 is 0 Å². The molecule has 1 aliphatic heterocycles. The van der Waals surface area contributed by atoms with E-state index in [1.165, 1.54) is 16.2 Å². The highest BCUT2D eigenvalue weighted by molar-refractivity contribution is 7.98. The highest BCUT2D eigenvalue weighted by Crippen LogP contribution is 2.26. The fraction of sp³-hybridized carbons (Fsp3) is 0.353. The van der Waals surface area contributed by atoms with E-state index in [-0.39, 0.29) is 18.4 Å². The lowest BCUT2D eigenvalue weighted by atomic mass is 10.1. The first-order chi connectivity index (χ1) is 11.7. The molecule has 1 aromatic heterocycles. The van der Waals surface area contributed by atoms with Crippen LogP contribution in [0.1, 0.15) is 19.3 Å². The number of hydrogen-bond acceptors (Lipinski definition) is 5. The molecule has 24 heavy (non-hydrogen) atoms. The summed E-state index contributed by atoms with van der Waals surface area (Å²) in [4.78, 5) is 31.2. The van der Waals surface area contributed by atoms with Crippen molar-refractivity contribution in [1.29, 1.82) is 0 Å². The van der Waals surface area contributed by atoms with Gasteiger partial charge < -0.3 is 10.2 Å². The first kappa shape index (κ1) is 17.0. The molecule has 2 heterocycles. The summed E-state index contributed by atoms with van der Waals surface area (Å²) in [6.07, 6.45) is 4.47. The van der Waals surface area contributed by atoms with E-state index in [1.807, 2.05) is 23.8 Å². The molecule has 1 fully saturated rings. The van der Waals surface area contributed by atoms with E-state index in [1.54, 1.807) is 16.7 Å². The Bertz CT molecular complexity index is 728. The predicted molar refractivity (Wildman–Crippen MR) is 98.4 cm³/mol. The summed E-state index contributed by atoms with van der Waals surface area (Å²) in [5.41, 5.74) is 1.87. The molecule has 3 rings (SSSR count). The van der Waals surface area contributed by atoms with Gasteiger partial charge in [-0.2, -0.15) is 0 Å². The fourth-order valence-corrected chi connectivity index (χ4v) is 3.73. The molecule has 126 valence electrons. The Morgan fingerprint density at radius 2 is 2.12 bits per heavy atom. The Morgan fingerprint density at radius 1 is 1.33 bits per heavy atom. The molecule has 5 nitrogen and oxygen atoms in total. The van der Waals surface area contributed by atoms with Gasteiger partial charge in [-0.15, -0.1) is 23.1 Å². The molecule has 1 saturated heterocycles. The smallest absolute Gasteiger partial charge is 0.245 e. The minimum atomic E-state index is -0.191. The van der Waals surface area contributed by atoms with Gasteiger partial charge in [0.25, 0.3) is 0 Å². The zero-order valence-corrected chi connectivity index (χ0v) is 15.1. The average molecular weight is 361 g/mol. The van der Waals surface area contributed by atoms with E-state index < -0.39 is 0 Å². The van der Waals surface area contributed by atoms with Crippen LogP contribution in [0, 0.1) is 0 Å². The molecule has 7 heteroatoms. The average Bonchev–Trinajstić information content (AvgIpc) is 3.05. The number of benzene rings is 1. The molecule has 0 saturated carbocycles. The van der Waals surface area contributed by atoms with Crippen LogP contribution in [0.2, 0.25) is 0 Å². The molecule has 0 aliphatic carbocycles. The van der Waals surface area contributed by atoms with E-state index in [9.17, 15) is 9.59 Å². The number of aromatic nitrogens is 1. The Hall–Kier alpha value is -1.86. The van der Waals surface area contributed by atoms with Crippen LogP contribution in [0.4, 0.5) is 5.13 Å². The number of carbonyl (C=O) groups is 2. The molecule has 0 bridgehead atoms. The quantitative estimate of drug-likeness (QED) is 0.828. The van der Waals surface area contributed by atoms with Gasteiger partial charge in [0.2, 0.25) is 11.8 Å². The normalized spacial score (nSPS) is 14.7. The summed E-state index contributed by atoms with van der Waals surface area (Å²) >= 11 is 3.09.